The molecule has 2 N–H and O–H groups in total. The van der Waals surface area contributed by atoms with Gasteiger partial charge in [0.05, 0.1) is 16.4 Å². The number of halogens is 1. The minimum Gasteiger partial charge on any atom is -0.327 e. The van der Waals surface area contributed by atoms with E-state index in [-0.39, 0.29) is 6.04 Å². The Bertz CT molecular complexity index is 400. The predicted molar refractivity (Wildman–Crippen MR) is 71.1 cm³/mol. The van der Waals surface area contributed by atoms with E-state index in [2.05, 4.69) is 12.0 Å². The van der Waals surface area contributed by atoms with Crippen molar-refractivity contribution >= 4 is 11.6 Å². The lowest BCUT2D eigenvalue weighted by Gasteiger charge is -2.19. The van der Waals surface area contributed by atoms with Crippen LogP contribution in [0.4, 0.5) is 0 Å². The topological polar surface area (TPSA) is 43.8 Å². The molecule has 2 rings (SSSR count). The van der Waals surface area contributed by atoms with Crippen molar-refractivity contribution in [2.45, 2.75) is 45.6 Å². The lowest BCUT2D eigenvalue weighted by Crippen LogP contribution is -2.31. The molecule has 1 aliphatic carbocycles. The van der Waals surface area contributed by atoms with E-state index in [0.717, 1.165) is 28.7 Å². The number of hydrogen-bond donors (Lipinski definition) is 1. The van der Waals surface area contributed by atoms with Gasteiger partial charge in [-0.15, -0.1) is 0 Å². The maximum atomic E-state index is 6.32. The normalized spacial score (nSPS) is 26.4. The zero-order chi connectivity index (χ0) is 12.6. The van der Waals surface area contributed by atoms with Crippen LogP contribution in [0.5, 0.6) is 0 Å². The first-order valence-electron chi connectivity index (χ1n) is 6.42. The van der Waals surface area contributed by atoms with Gasteiger partial charge in [0.1, 0.15) is 0 Å². The van der Waals surface area contributed by atoms with E-state index in [4.69, 9.17) is 17.3 Å². The Labute approximate surface area is 108 Å². The highest BCUT2D eigenvalue weighted by Crippen LogP contribution is 2.33. The number of hydrogen-bond acceptors (Lipinski definition) is 2. The lowest BCUT2D eigenvalue weighted by molar-refractivity contribution is 0.408. The van der Waals surface area contributed by atoms with Crippen molar-refractivity contribution in [1.82, 2.24) is 9.78 Å². The molecule has 1 aliphatic rings. The molecule has 1 heterocycles. The third kappa shape index (κ3) is 2.66. The first kappa shape index (κ1) is 12.9. The second-order valence-corrected chi connectivity index (χ2v) is 5.89. The molecule has 1 aromatic rings. The van der Waals surface area contributed by atoms with E-state index in [0.29, 0.717) is 5.92 Å². The molecule has 0 bridgehead atoms. The van der Waals surface area contributed by atoms with Gasteiger partial charge in [0.25, 0.3) is 0 Å². The van der Waals surface area contributed by atoms with Gasteiger partial charge in [-0.25, -0.2) is 0 Å². The van der Waals surface area contributed by atoms with Gasteiger partial charge in [-0.05, 0) is 31.6 Å². The Morgan fingerprint density at radius 3 is 2.71 bits per heavy atom. The minimum atomic E-state index is 0.215. The largest absolute Gasteiger partial charge is 0.327 e. The summed E-state index contributed by atoms with van der Waals surface area (Å²) in [5, 5.41) is 5.12. The zero-order valence-electron chi connectivity index (χ0n) is 10.9. The third-order valence-electron chi connectivity index (χ3n) is 4.03. The van der Waals surface area contributed by atoms with Crippen molar-refractivity contribution in [3.8, 4) is 0 Å². The Hall–Kier alpha value is -0.540. The molecule has 3 unspecified atom stereocenters. The van der Waals surface area contributed by atoms with Crippen molar-refractivity contribution in [2.75, 3.05) is 0 Å². The fourth-order valence-corrected chi connectivity index (χ4v) is 3.17. The van der Waals surface area contributed by atoms with Gasteiger partial charge in [0, 0.05) is 19.5 Å². The Morgan fingerprint density at radius 1 is 1.53 bits per heavy atom. The summed E-state index contributed by atoms with van der Waals surface area (Å²) >= 11 is 6.25. The van der Waals surface area contributed by atoms with E-state index in [9.17, 15) is 0 Å². The number of nitrogens with zero attached hydrogens (tertiary/aromatic N) is 2. The molecule has 0 radical (unpaired) electrons. The van der Waals surface area contributed by atoms with Crippen LogP contribution in [0.1, 0.15) is 37.6 Å². The van der Waals surface area contributed by atoms with Crippen LogP contribution in [0, 0.1) is 18.8 Å². The highest BCUT2D eigenvalue weighted by Gasteiger charge is 2.28. The first-order chi connectivity index (χ1) is 7.99. The summed E-state index contributed by atoms with van der Waals surface area (Å²) in [7, 11) is 1.94. The highest BCUT2D eigenvalue weighted by atomic mass is 35.5. The number of nitrogens with two attached hydrogens (primary N) is 1. The monoisotopic (exact) mass is 255 g/mol. The van der Waals surface area contributed by atoms with Gasteiger partial charge < -0.3 is 5.73 Å². The molecule has 3 nitrogen and oxygen atoms in total. The Kier molecular flexibility index (Phi) is 3.79. The number of rotatable bonds is 3. The zero-order valence-corrected chi connectivity index (χ0v) is 11.7. The smallest absolute Gasteiger partial charge is 0.0847 e. The van der Waals surface area contributed by atoms with Gasteiger partial charge in [-0.1, -0.05) is 24.9 Å². The number of aromatic nitrogens is 2. The Morgan fingerprint density at radius 2 is 2.24 bits per heavy atom. The summed E-state index contributed by atoms with van der Waals surface area (Å²) in [5.74, 6) is 1.48. The molecule has 0 aliphatic heterocycles. The van der Waals surface area contributed by atoms with Gasteiger partial charge in [0.2, 0.25) is 0 Å². The van der Waals surface area contributed by atoms with Crippen molar-refractivity contribution in [3.63, 3.8) is 0 Å². The summed E-state index contributed by atoms with van der Waals surface area (Å²) in [6, 6.07) is 0.215. The molecule has 0 saturated heterocycles. The van der Waals surface area contributed by atoms with E-state index in [1.807, 2.05) is 18.7 Å². The SMILES string of the molecule is Cc1nn(C)c(CC(N)C2CCC(C)C2)c1Cl. The molecule has 4 heteroatoms. The molecule has 0 spiro atoms. The average Bonchev–Trinajstić information content (AvgIpc) is 2.79. The summed E-state index contributed by atoms with van der Waals surface area (Å²) in [6.07, 6.45) is 4.68. The number of aryl methyl sites for hydroxylation is 2. The molecular weight excluding hydrogens is 234 g/mol. The van der Waals surface area contributed by atoms with Crippen LogP contribution >= 0.6 is 11.6 Å². The van der Waals surface area contributed by atoms with E-state index in [1.165, 1.54) is 19.3 Å². The highest BCUT2D eigenvalue weighted by molar-refractivity contribution is 6.31. The van der Waals surface area contributed by atoms with Gasteiger partial charge in [0.15, 0.2) is 0 Å². The molecule has 96 valence electrons. The maximum Gasteiger partial charge on any atom is 0.0847 e. The van der Waals surface area contributed by atoms with Gasteiger partial charge in [-0.3, -0.25) is 4.68 Å². The lowest BCUT2D eigenvalue weighted by atomic mass is 9.94. The van der Waals surface area contributed by atoms with Crippen LogP contribution in [0.2, 0.25) is 5.02 Å². The molecule has 0 amide bonds. The molecule has 3 atom stereocenters. The van der Waals surface area contributed by atoms with Crippen molar-refractivity contribution in [1.29, 1.82) is 0 Å². The first-order valence-corrected chi connectivity index (χ1v) is 6.80. The van der Waals surface area contributed by atoms with E-state index >= 15 is 0 Å². The van der Waals surface area contributed by atoms with Crippen LogP contribution in [0.3, 0.4) is 0 Å². The predicted octanol–water partition coefficient (Wildman–Crippen LogP) is 2.69. The van der Waals surface area contributed by atoms with Crippen LogP contribution < -0.4 is 5.73 Å². The van der Waals surface area contributed by atoms with Crippen molar-refractivity contribution < 1.29 is 0 Å². The van der Waals surface area contributed by atoms with Gasteiger partial charge >= 0.3 is 0 Å². The molecule has 0 aromatic carbocycles. The van der Waals surface area contributed by atoms with Crippen LogP contribution in [0.25, 0.3) is 0 Å². The van der Waals surface area contributed by atoms with E-state index < -0.39 is 0 Å². The minimum absolute atomic E-state index is 0.215. The van der Waals surface area contributed by atoms with Crippen molar-refractivity contribution in [3.05, 3.63) is 16.4 Å². The van der Waals surface area contributed by atoms with Crippen LogP contribution in [-0.2, 0) is 13.5 Å². The van der Waals surface area contributed by atoms with Gasteiger partial charge in [-0.2, -0.15) is 5.10 Å². The molecule has 1 aromatic heterocycles. The summed E-state index contributed by atoms with van der Waals surface area (Å²) in [6.45, 7) is 4.25. The second kappa shape index (κ2) is 4.99. The third-order valence-corrected chi connectivity index (χ3v) is 4.52. The molecule has 17 heavy (non-hydrogen) atoms. The average molecular weight is 256 g/mol. The summed E-state index contributed by atoms with van der Waals surface area (Å²) in [5.41, 5.74) is 8.30. The second-order valence-electron chi connectivity index (χ2n) is 5.52. The van der Waals surface area contributed by atoms with Crippen LogP contribution in [-0.4, -0.2) is 15.8 Å². The maximum absolute atomic E-state index is 6.32. The summed E-state index contributed by atoms with van der Waals surface area (Å²) < 4.78 is 1.87. The molecule has 1 fully saturated rings. The standard InChI is InChI=1S/C13H22ClN3/c1-8-4-5-10(6-8)11(15)7-12-13(14)9(2)16-17(12)3/h8,10-11H,4-7,15H2,1-3H3. The summed E-state index contributed by atoms with van der Waals surface area (Å²) in [4.78, 5) is 0. The fourth-order valence-electron chi connectivity index (χ4n) is 2.93. The Balaban J connectivity index is 2.05. The van der Waals surface area contributed by atoms with E-state index in [1.54, 1.807) is 0 Å². The fraction of sp³-hybridized carbons (Fsp3) is 0.769. The molecule has 1 saturated carbocycles. The van der Waals surface area contributed by atoms with Crippen LogP contribution in [0.15, 0.2) is 0 Å². The quantitative estimate of drug-likeness (QED) is 0.903. The molecular formula is C13H22ClN3. The van der Waals surface area contributed by atoms with Crippen molar-refractivity contribution in [2.24, 2.45) is 24.6 Å².